The highest BCUT2D eigenvalue weighted by atomic mass is 79.9. The van der Waals surface area contributed by atoms with Crippen molar-refractivity contribution in [1.82, 2.24) is 19.9 Å². The van der Waals surface area contributed by atoms with E-state index in [9.17, 15) is 0 Å². The molecule has 5 heterocycles. The lowest BCUT2D eigenvalue weighted by molar-refractivity contribution is 0.305. The number of halogens is 1. The lowest BCUT2D eigenvalue weighted by Gasteiger charge is -2.09. The summed E-state index contributed by atoms with van der Waals surface area (Å²) >= 11 is 3.53. The summed E-state index contributed by atoms with van der Waals surface area (Å²) in [7, 11) is 5.05. The lowest BCUT2D eigenvalue weighted by Crippen LogP contribution is -1.97. The molecule has 2 N–H and O–H groups in total. The molecule has 62 heavy (non-hydrogen) atoms. The van der Waals surface area contributed by atoms with Crippen molar-refractivity contribution in [3.05, 3.63) is 144 Å². The summed E-state index contributed by atoms with van der Waals surface area (Å²) in [6.45, 7) is 0.692. The van der Waals surface area contributed by atoms with Gasteiger partial charge in [0.25, 0.3) is 0 Å². The predicted molar refractivity (Wildman–Crippen MR) is 258 cm³/mol. The fourth-order valence-electron chi connectivity index (χ4n) is 8.15. The first-order valence-corrected chi connectivity index (χ1v) is 22.0. The molecule has 0 saturated carbocycles. The number of ether oxygens (including phenoxy) is 4. The summed E-state index contributed by atoms with van der Waals surface area (Å²) in [4.78, 5) is 18.5. The maximum absolute atomic E-state index is 6.19. The molecule has 9 rings (SSSR count). The van der Waals surface area contributed by atoms with E-state index >= 15 is 0 Å². The summed E-state index contributed by atoms with van der Waals surface area (Å²) < 4.78 is 22.9. The highest BCUT2D eigenvalue weighted by Crippen LogP contribution is 2.39. The van der Waals surface area contributed by atoms with Crippen LogP contribution in [0.3, 0.4) is 0 Å². The van der Waals surface area contributed by atoms with E-state index < -0.39 is 0 Å². The molecule has 0 amide bonds. The molecule has 0 radical (unpaired) electrons. The lowest BCUT2D eigenvalue weighted by atomic mass is 10.0. The number of fused-ring (bicyclic) bond motifs is 8. The molecular formula is C53H47BrN4O4. The number of aromatic amines is 2. The second kappa shape index (κ2) is 18.4. The summed E-state index contributed by atoms with van der Waals surface area (Å²) in [6.07, 6.45) is 13.0. The molecule has 0 saturated heterocycles. The number of alkyl halides is 1. The molecule has 4 aromatic carbocycles. The molecule has 0 spiro atoms. The van der Waals surface area contributed by atoms with Crippen LogP contribution < -0.4 is 18.9 Å². The van der Waals surface area contributed by atoms with E-state index in [1.54, 1.807) is 21.3 Å². The zero-order valence-corrected chi connectivity index (χ0v) is 36.6. The van der Waals surface area contributed by atoms with E-state index in [-0.39, 0.29) is 0 Å². The first-order chi connectivity index (χ1) is 30.5. The van der Waals surface area contributed by atoms with E-state index in [1.165, 1.54) is 12.8 Å². The Morgan fingerprint density at radius 2 is 0.694 bits per heavy atom. The Labute approximate surface area is 370 Å². The van der Waals surface area contributed by atoms with Gasteiger partial charge in [0.1, 0.15) is 23.0 Å². The molecule has 7 aromatic rings. The Balaban J connectivity index is 1.32. The number of benzene rings is 4. The number of rotatable bonds is 14. The number of nitrogens with one attached hydrogen (secondary N) is 2. The largest absolute Gasteiger partial charge is 0.497 e. The fraction of sp³-hybridized carbons (Fsp3) is 0.170. The van der Waals surface area contributed by atoms with Crippen LogP contribution in [0.1, 0.15) is 48.5 Å². The first-order valence-electron chi connectivity index (χ1n) is 20.9. The zero-order valence-electron chi connectivity index (χ0n) is 35.0. The Morgan fingerprint density at radius 3 is 1.00 bits per heavy atom. The van der Waals surface area contributed by atoms with Gasteiger partial charge in [0.2, 0.25) is 0 Å². The van der Waals surface area contributed by atoms with Gasteiger partial charge in [-0.05, 0) is 132 Å². The van der Waals surface area contributed by atoms with Gasteiger partial charge in [-0.1, -0.05) is 77.3 Å². The molecule has 0 atom stereocenters. The first kappa shape index (κ1) is 40.6. The number of hydrogen-bond acceptors (Lipinski definition) is 6. The Bertz CT molecular complexity index is 2880. The molecule has 2 aliphatic rings. The summed E-state index contributed by atoms with van der Waals surface area (Å²) in [5.74, 6) is 3.20. The second-order valence-corrected chi connectivity index (χ2v) is 16.0. The van der Waals surface area contributed by atoms with Crippen molar-refractivity contribution in [3.63, 3.8) is 0 Å². The molecule has 2 aliphatic heterocycles. The van der Waals surface area contributed by atoms with Crippen molar-refractivity contribution in [2.24, 2.45) is 0 Å². The second-order valence-electron chi connectivity index (χ2n) is 15.2. The van der Waals surface area contributed by atoms with E-state index in [0.717, 1.165) is 131 Å². The quantitative estimate of drug-likeness (QED) is 0.0834. The third-order valence-electron chi connectivity index (χ3n) is 11.3. The Morgan fingerprint density at radius 1 is 0.387 bits per heavy atom. The van der Waals surface area contributed by atoms with Gasteiger partial charge in [0.15, 0.2) is 0 Å². The standard InChI is InChI=1S/C53H47BrN4O4/c1-59-38-16-8-34(9-17-38)50-42-24-26-44(55-42)51(35-10-18-39(60-2)19-11-35)46-28-30-48(57-46)53(37-14-22-41(23-15-37)62-33-7-5-4-6-32-54)49-31-29-47(58-49)52(45-27-25-43(50)56-45)36-12-20-40(61-3)21-13-36/h8-31,55,58H,4-7,32-33H2,1-3H3. The number of H-pyrrole nitrogens is 2. The zero-order chi connectivity index (χ0) is 42.4. The maximum atomic E-state index is 6.19. The SMILES string of the molecule is COc1ccc(-c2c3nc(c(-c4ccc(OC)cc4)c4ccc([nH]4)c(-c4ccc(OCCCCCCBr)cc4)c4nc(c(-c5ccc(OC)cc5)c5ccc2[nH]5)C=C4)C=C3)cc1. The summed E-state index contributed by atoms with van der Waals surface area (Å²) in [5.41, 5.74) is 14.9. The van der Waals surface area contributed by atoms with Gasteiger partial charge in [-0.3, -0.25) is 0 Å². The van der Waals surface area contributed by atoms with Crippen molar-refractivity contribution < 1.29 is 18.9 Å². The Hall–Kier alpha value is -6.84. The van der Waals surface area contributed by atoms with Crippen LogP contribution >= 0.6 is 15.9 Å². The van der Waals surface area contributed by atoms with Crippen LogP contribution in [0.25, 0.3) is 90.9 Å². The number of nitrogens with zero attached hydrogens (tertiary/aromatic N) is 2. The van der Waals surface area contributed by atoms with Gasteiger partial charge in [-0.2, -0.15) is 0 Å². The van der Waals surface area contributed by atoms with Crippen molar-refractivity contribution in [1.29, 1.82) is 0 Å². The maximum Gasteiger partial charge on any atom is 0.119 e. The van der Waals surface area contributed by atoms with Crippen LogP contribution in [-0.4, -0.2) is 53.2 Å². The van der Waals surface area contributed by atoms with Crippen molar-refractivity contribution in [2.45, 2.75) is 25.7 Å². The highest BCUT2D eigenvalue weighted by molar-refractivity contribution is 9.09. The highest BCUT2D eigenvalue weighted by Gasteiger charge is 2.19. The third-order valence-corrected chi connectivity index (χ3v) is 11.9. The molecule has 9 heteroatoms. The molecule has 310 valence electrons. The number of methoxy groups -OCH3 is 3. The minimum atomic E-state index is 0.692. The predicted octanol–water partition coefficient (Wildman–Crippen LogP) is 13.7. The van der Waals surface area contributed by atoms with E-state index in [0.29, 0.717) is 6.61 Å². The van der Waals surface area contributed by atoms with Gasteiger partial charge in [0, 0.05) is 49.7 Å². The molecule has 8 bridgehead atoms. The normalized spacial score (nSPS) is 11.8. The molecule has 0 aliphatic carbocycles. The average Bonchev–Trinajstić information content (AvgIpc) is 4.17. The number of hydrogen-bond donors (Lipinski definition) is 2. The Kier molecular flexibility index (Phi) is 12.0. The molecule has 3 aromatic heterocycles. The van der Waals surface area contributed by atoms with Crippen LogP contribution in [0.2, 0.25) is 0 Å². The average molecular weight is 884 g/mol. The topological polar surface area (TPSA) is 94.3 Å². The molecule has 0 unspecified atom stereocenters. The van der Waals surface area contributed by atoms with Gasteiger partial charge >= 0.3 is 0 Å². The van der Waals surface area contributed by atoms with Crippen LogP contribution in [-0.2, 0) is 0 Å². The molecule has 0 fully saturated rings. The third kappa shape index (κ3) is 8.41. The minimum Gasteiger partial charge on any atom is -0.497 e. The van der Waals surface area contributed by atoms with E-state index in [1.807, 2.05) is 36.4 Å². The number of aromatic nitrogens is 4. The fourth-order valence-corrected chi connectivity index (χ4v) is 8.55. The van der Waals surface area contributed by atoms with Crippen LogP contribution in [0.15, 0.2) is 121 Å². The van der Waals surface area contributed by atoms with Gasteiger partial charge in [0.05, 0.1) is 50.7 Å². The van der Waals surface area contributed by atoms with Crippen LogP contribution in [0.5, 0.6) is 23.0 Å². The van der Waals surface area contributed by atoms with Crippen molar-refractivity contribution in [3.8, 4) is 67.5 Å². The van der Waals surface area contributed by atoms with Gasteiger partial charge in [-0.15, -0.1) is 0 Å². The van der Waals surface area contributed by atoms with E-state index in [4.69, 9.17) is 28.9 Å². The smallest absolute Gasteiger partial charge is 0.119 e. The minimum absolute atomic E-state index is 0.692. The van der Waals surface area contributed by atoms with Crippen molar-refractivity contribution >= 4 is 62.3 Å². The van der Waals surface area contributed by atoms with E-state index in [2.05, 4.69) is 135 Å². The van der Waals surface area contributed by atoms with Gasteiger partial charge in [-0.25, -0.2) is 9.97 Å². The molecular weight excluding hydrogens is 837 g/mol. The monoisotopic (exact) mass is 882 g/mol. The van der Waals surface area contributed by atoms with Crippen LogP contribution in [0, 0.1) is 0 Å². The summed E-state index contributed by atoms with van der Waals surface area (Å²) in [5, 5.41) is 1.04. The van der Waals surface area contributed by atoms with Crippen LogP contribution in [0.4, 0.5) is 0 Å². The number of unbranched alkanes of at least 4 members (excludes halogenated alkanes) is 3. The summed E-state index contributed by atoms with van der Waals surface area (Å²) in [6, 6.07) is 41.3. The molecule has 8 nitrogen and oxygen atoms in total. The van der Waals surface area contributed by atoms with Crippen molar-refractivity contribution in [2.75, 3.05) is 33.3 Å². The van der Waals surface area contributed by atoms with Gasteiger partial charge < -0.3 is 28.9 Å².